The third-order valence-corrected chi connectivity index (χ3v) is 4.23. The predicted molar refractivity (Wildman–Crippen MR) is 81.5 cm³/mol. The van der Waals surface area contributed by atoms with Crippen LogP contribution in [0.4, 0.5) is 4.79 Å². The lowest BCUT2D eigenvalue weighted by Crippen LogP contribution is -2.27. The second kappa shape index (κ2) is 5.71. The zero-order chi connectivity index (χ0) is 14.9. The minimum atomic E-state index is -0.144. The van der Waals surface area contributed by atoms with Crippen molar-refractivity contribution in [2.75, 3.05) is 14.1 Å². The largest absolute Gasteiger partial charge is 0.344 e. The van der Waals surface area contributed by atoms with Crippen LogP contribution in [-0.4, -0.2) is 34.8 Å². The normalized spacial score (nSPS) is 10.7. The number of hydrogen-bond donors (Lipinski definition) is 0. The Bertz CT molecular complexity index is 623. The van der Waals surface area contributed by atoms with Gasteiger partial charge >= 0.3 is 6.03 Å². The van der Waals surface area contributed by atoms with Gasteiger partial charge in [-0.3, -0.25) is 0 Å². The number of amides is 1. The molecule has 5 heteroatoms. The number of hydrogen-bond acceptors (Lipinski definition) is 3. The molecule has 0 saturated heterocycles. The van der Waals surface area contributed by atoms with Crippen molar-refractivity contribution in [3.63, 3.8) is 0 Å². The van der Waals surface area contributed by atoms with E-state index in [1.165, 1.54) is 31.2 Å². The molecular formula is C15H19N3OS. The highest BCUT2D eigenvalue weighted by atomic mass is 32.2. The number of aromatic nitrogens is 2. The fourth-order valence-electron chi connectivity index (χ4n) is 2.11. The Morgan fingerprint density at radius 2 is 1.80 bits per heavy atom. The second-order valence-electron chi connectivity index (χ2n) is 5.11. The van der Waals surface area contributed by atoms with Crippen LogP contribution in [0.2, 0.25) is 0 Å². The van der Waals surface area contributed by atoms with Crippen LogP contribution in [0.1, 0.15) is 16.7 Å². The first kappa shape index (κ1) is 14.7. The highest BCUT2D eigenvalue weighted by Gasteiger charge is 2.12. The summed E-state index contributed by atoms with van der Waals surface area (Å²) in [6, 6.07) is 6.05. The minimum Gasteiger partial charge on any atom is -0.329 e. The zero-order valence-corrected chi connectivity index (χ0v) is 13.3. The summed E-state index contributed by atoms with van der Waals surface area (Å²) in [6.07, 6.45) is 1.70. The molecule has 1 aromatic heterocycles. The summed E-state index contributed by atoms with van der Waals surface area (Å²) >= 11 is 1.60. The molecule has 0 aliphatic rings. The van der Waals surface area contributed by atoms with Gasteiger partial charge in [0.05, 0.1) is 0 Å². The summed E-state index contributed by atoms with van der Waals surface area (Å²) in [7, 11) is 3.43. The molecule has 0 N–H and O–H groups in total. The summed E-state index contributed by atoms with van der Waals surface area (Å²) in [4.78, 5) is 14.5. The first-order valence-electron chi connectivity index (χ1n) is 6.41. The first-order chi connectivity index (χ1) is 9.38. The van der Waals surface area contributed by atoms with Gasteiger partial charge in [0.15, 0.2) is 0 Å². The van der Waals surface area contributed by atoms with E-state index < -0.39 is 0 Å². The highest BCUT2D eigenvalue weighted by molar-refractivity contribution is 7.99. The number of carbonyl (C=O) groups excluding carboxylic acids is 1. The molecular weight excluding hydrogens is 270 g/mol. The molecule has 1 amide bonds. The van der Waals surface area contributed by atoms with Crippen LogP contribution < -0.4 is 0 Å². The number of benzene rings is 1. The minimum absolute atomic E-state index is 0.144. The average Bonchev–Trinajstić information content (AvgIpc) is 2.81. The van der Waals surface area contributed by atoms with Gasteiger partial charge in [-0.15, -0.1) is 0 Å². The Kier molecular flexibility index (Phi) is 4.18. The van der Waals surface area contributed by atoms with E-state index in [1.807, 2.05) is 6.07 Å². The summed E-state index contributed by atoms with van der Waals surface area (Å²) in [5.74, 6) is 0. The maximum absolute atomic E-state index is 11.8. The molecule has 0 radical (unpaired) electrons. The summed E-state index contributed by atoms with van der Waals surface area (Å²) in [6.45, 7) is 6.30. The van der Waals surface area contributed by atoms with Crippen molar-refractivity contribution in [2.24, 2.45) is 0 Å². The zero-order valence-electron chi connectivity index (χ0n) is 12.5. The van der Waals surface area contributed by atoms with Crippen LogP contribution in [0.15, 0.2) is 34.3 Å². The van der Waals surface area contributed by atoms with Crippen LogP contribution in [-0.2, 0) is 0 Å². The molecule has 4 nitrogen and oxygen atoms in total. The van der Waals surface area contributed by atoms with Crippen LogP contribution in [0.5, 0.6) is 0 Å². The van der Waals surface area contributed by atoms with Crippen molar-refractivity contribution in [1.29, 1.82) is 0 Å². The molecule has 2 aromatic rings. The number of carbonyl (C=O) groups is 1. The fourth-order valence-corrected chi connectivity index (χ4v) is 3.01. The fraction of sp³-hybridized carbons (Fsp3) is 0.333. The Hall–Kier alpha value is -1.75. The lowest BCUT2D eigenvalue weighted by molar-refractivity contribution is 0.215. The van der Waals surface area contributed by atoms with E-state index in [1.54, 1.807) is 32.1 Å². The van der Waals surface area contributed by atoms with Gasteiger partial charge in [0.25, 0.3) is 0 Å². The van der Waals surface area contributed by atoms with Crippen LogP contribution >= 0.6 is 11.8 Å². The van der Waals surface area contributed by atoms with Gasteiger partial charge in [0, 0.05) is 25.2 Å². The topological polar surface area (TPSA) is 38.1 Å². The molecule has 20 heavy (non-hydrogen) atoms. The van der Waals surface area contributed by atoms with E-state index in [4.69, 9.17) is 0 Å². The number of nitrogens with zero attached hydrogens (tertiary/aromatic N) is 3. The third kappa shape index (κ3) is 3.04. The van der Waals surface area contributed by atoms with Crippen LogP contribution in [0.25, 0.3) is 0 Å². The van der Waals surface area contributed by atoms with Gasteiger partial charge in [0.2, 0.25) is 0 Å². The maximum Gasteiger partial charge on any atom is 0.344 e. The highest BCUT2D eigenvalue weighted by Crippen LogP contribution is 2.32. The summed E-state index contributed by atoms with van der Waals surface area (Å²) in [5, 5.41) is 5.15. The number of aryl methyl sites for hydroxylation is 3. The van der Waals surface area contributed by atoms with Crippen molar-refractivity contribution in [3.8, 4) is 0 Å². The van der Waals surface area contributed by atoms with Crippen molar-refractivity contribution in [3.05, 3.63) is 41.1 Å². The molecule has 2 rings (SSSR count). The predicted octanol–water partition coefficient (Wildman–Crippen LogP) is 3.49. The Morgan fingerprint density at radius 1 is 1.20 bits per heavy atom. The third-order valence-electron chi connectivity index (χ3n) is 2.95. The van der Waals surface area contributed by atoms with E-state index in [0.717, 1.165) is 5.03 Å². The van der Waals surface area contributed by atoms with Crippen LogP contribution in [0.3, 0.4) is 0 Å². The van der Waals surface area contributed by atoms with Crippen LogP contribution in [0, 0.1) is 20.8 Å². The van der Waals surface area contributed by atoms with Gasteiger partial charge in [-0.25, -0.2) is 4.79 Å². The standard InChI is InChI=1S/C15H19N3OS/c1-10-8-11(2)14(12(3)9-10)20-13-6-7-18(16-13)15(19)17(4)5/h6-9H,1-5H3. The Balaban J connectivity index is 2.26. The van der Waals surface area contributed by atoms with Crippen molar-refractivity contribution < 1.29 is 4.79 Å². The molecule has 0 spiro atoms. The summed E-state index contributed by atoms with van der Waals surface area (Å²) < 4.78 is 1.36. The maximum atomic E-state index is 11.8. The van der Waals surface area contributed by atoms with Gasteiger partial charge < -0.3 is 4.90 Å². The molecule has 0 aliphatic heterocycles. The Labute approximate surface area is 123 Å². The lowest BCUT2D eigenvalue weighted by atomic mass is 10.1. The molecule has 0 atom stereocenters. The van der Waals surface area contributed by atoms with E-state index in [-0.39, 0.29) is 6.03 Å². The monoisotopic (exact) mass is 289 g/mol. The SMILES string of the molecule is Cc1cc(C)c(Sc2ccn(C(=O)N(C)C)n2)c(C)c1. The van der Waals surface area contributed by atoms with Gasteiger partial charge in [-0.2, -0.15) is 9.78 Å². The lowest BCUT2D eigenvalue weighted by Gasteiger charge is -2.10. The summed E-state index contributed by atoms with van der Waals surface area (Å²) in [5.41, 5.74) is 3.74. The smallest absolute Gasteiger partial charge is 0.329 e. The number of rotatable bonds is 2. The van der Waals surface area contributed by atoms with Gasteiger partial charge in [-0.1, -0.05) is 29.5 Å². The first-order valence-corrected chi connectivity index (χ1v) is 7.23. The average molecular weight is 289 g/mol. The van der Waals surface area contributed by atoms with E-state index in [0.29, 0.717) is 0 Å². The van der Waals surface area contributed by atoms with Crippen molar-refractivity contribution in [2.45, 2.75) is 30.7 Å². The molecule has 0 bridgehead atoms. The van der Waals surface area contributed by atoms with Gasteiger partial charge in [-0.05, 0) is 38.0 Å². The van der Waals surface area contributed by atoms with Gasteiger partial charge in [0.1, 0.15) is 5.03 Å². The molecule has 0 fully saturated rings. The van der Waals surface area contributed by atoms with E-state index in [2.05, 4.69) is 38.0 Å². The van der Waals surface area contributed by atoms with E-state index in [9.17, 15) is 4.79 Å². The molecule has 1 heterocycles. The molecule has 1 aromatic carbocycles. The second-order valence-corrected chi connectivity index (χ2v) is 6.14. The molecule has 0 aliphatic carbocycles. The molecule has 0 unspecified atom stereocenters. The molecule has 0 saturated carbocycles. The van der Waals surface area contributed by atoms with E-state index >= 15 is 0 Å². The molecule has 106 valence electrons. The quantitative estimate of drug-likeness (QED) is 0.849. The van der Waals surface area contributed by atoms with Crippen molar-refractivity contribution >= 4 is 17.8 Å². The van der Waals surface area contributed by atoms with Crippen molar-refractivity contribution in [1.82, 2.24) is 14.7 Å². The Morgan fingerprint density at radius 3 is 2.35 bits per heavy atom.